The summed E-state index contributed by atoms with van der Waals surface area (Å²) in [5, 5.41) is 0.580. The van der Waals surface area contributed by atoms with Gasteiger partial charge in [0.05, 0.1) is 20.9 Å². The summed E-state index contributed by atoms with van der Waals surface area (Å²) >= 11 is 1.44. The summed E-state index contributed by atoms with van der Waals surface area (Å²) in [7, 11) is 0.233. The van der Waals surface area contributed by atoms with Crippen LogP contribution in [0, 0.1) is 5.82 Å². The van der Waals surface area contributed by atoms with E-state index in [9.17, 15) is 17.6 Å². The summed E-state index contributed by atoms with van der Waals surface area (Å²) in [4.78, 5) is 21.4. The number of sulfone groups is 1. The highest BCUT2D eigenvalue weighted by Gasteiger charge is 2.23. The van der Waals surface area contributed by atoms with Crippen molar-refractivity contribution in [1.29, 1.82) is 0 Å². The number of rotatable bonds is 10. The Morgan fingerprint density at radius 2 is 1.79 bits per heavy atom. The molecular weight excluding hydrogens is 485 g/mol. The van der Waals surface area contributed by atoms with Gasteiger partial charge in [0.1, 0.15) is 5.82 Å². The Hall–Kier alpha value is -2.07. The molecule has 0 aliphatic rings. The van der Waals surface area contributed by atoms with Gasteiger partial charge in [0.2, 0.25) is 5.91 Å². The summed E-state index contributed by atoms with van der Waals surface area (Å²) in [6, 6.07) is 10.7. The number of carbonyl (C=O) groups is 1. The number of amides is 1. The molecule has 1 heterocycles. The number of thiazole rings is 1. The molecule has 0 fully saturated rings. The Morgan fingerprint density at radius 1 is 1.09 bits per heavy atom. The van der Waals surface area contributed by atoms with Crippen LogP contribution in [0.5, 0.6) is 0 Å². The number of carbonyl (C=O) groups excluding carboxylic acids is 1. The van der Waals surface area contributed by atoms with E-state index >= 15 is 0 Å². The second kappa shape index (κ2) is 11.9. The first-order chi connectivity index (χ1) is 15.2. The van der Waals surface area contributed by atoms with E-state index in [-0.39, 0.29) is 35.4 Å². The fourth-order valence-corrected chi connectivity index (χ4v) is 5.58. The largest absolute Gasteiger partial charge is 0.309 e. The molecule has 3 aromatic rings. The van der Waals surface area contributed by atoms with Crippen molar-refractivity contribution in [3.05, 3.63) is 53.8 Å². The van der Waals surface area contributed by atoms with Crippen LogP contribution in [0.4, 0.5) is 9.52 Å². The molecule has 0 aliphatic carbocycles. The van der Waals surface area contributed by atoms with E-state index in [1.165, 1.54) is 29.0 Å². The highest BCUT2D eigenvalue weighted by molar-refractivity contribution is 7.91. The monoisotopic (exact) mass is 513 g/mol. The van der Waals surface area contributed by atoms with Gasteiger partial charge in [0.25, 0.3) is 0 Å². The zero-order chi connectivity index (χ0) is 23.3. The lowest BCUT2D eigenvalue weighted by Crippen LogP contribution is -2.34. The minimum absolute atomic E-state index is 0. The van der Waals surface area contributed by atoms with E-state index in [2.05, 4.69) is 18.0 Å². The molecule has 0 N–H and O–H groups in total. The standard InChI is InChI=1S/C23H28FN3O3S2.ClH/c1-4-17-6-11-20-21(16-17)31-23(25-20)27(14-5-13-26(2)3)22(28)12-15-32(29,30)19-9-7-18(24)8-10-19;/h6-11,16H,4-5,12-15H2,1-3H3;1H. The summed E-state index contributed by atoms with van der Waals surface area (Å²) in [6.45, 7) is 3.33. The Morgan fingerprint density at radius 3 is 2.42 bits per heavy atom. The van der Waals surface area contributed by atoms with Crippen molar-refractivity contribution in [1.82, 2.24) is 9.88 Å². The van der Waals surface area contributed by atoms with Gasteiger partial charge in [-0.25, -0.2) is 17.8 Å². The van der Waals surface area contributed by atoms with Crippen LogP contribution in [0.1, 0.15) is 25.3 Å². The van der Waals surface area contributed by atoms with Crippen molar-refractivity contribution >= 4 is 54.8 Å². The van der Waals surface area contributed by atoms with Crippen molar-refractivity contribution in [2.45, 2.75) is 31.1 Å². The van der Waals surface area contributed by atoms with Crippen LogP contribution in [0.3, 0.4) is 0 Å². The zero-order valence-electron chi connectivity index (χ0n) is 19.0. The topological polar surface area (TPSA) is 70.6 Å². The van der Waals surface area contributed by atoms with Crippen LogP contribution in [-0.4, -0.2) is 57.1 Å². The zero-order valence-corrected chi connectivity index (χ0v) is 21.4. The van der Waals surface area contributed by atoms with Crippen molar-refractivity contribution < 1.29 is 17.6 Å². The van der Waals surface area contributed by atoms with E-state index in [0.29, 0.717) is 11.7 Å². The van der Waals surface area contributed by atoms with Crippen molar-refractivity contribution in [3.8, 4) is 0 Å². The maximum absolute atomic E-state index is 13.1. The Labute approximate surface area is 204 Å². The van der Waals surface area contributed by atoms with Crippen LogP contribution in [0.2, 0.25) is 0 Å². The van der Waals surface area contributed by atoms with Crippen molar-refractivity contribution in [2.75, 3.05) is 37.8 Å². The molecule has 10 heteroatoms. The van der Waals surface area contributed by atoms with Gasteiger partial charge >= 0.3 is 0 Å². The average molecular weight is 514 g/mol. The van der Waals surface area contributed by atoms with Crippen LogP contribution < -0.4 is 4.90 Å². The fourth-order valence-electron chi connectivity index (χ4n) is 3.28. The minimum Gasteiger partial charge on any atom is -0.309 e. The number of benzene rings is 2. The van der Waals surface area contributed by atoms with E-state index in [1.807, 2.05) is 31.1 Å². The minimum atomic E-state index is -3.69. The summed E-state index contributed by atoms with van der Waals surface area (Å²) in [6.07, 6.45) is 1.48. The molecule has 0 spiro atoms. The maximum Gasteiger partial charge on any atom is 0.229 e. The molecule has 0 radical (unpaired) electrons. The second-order valence-electron chi connectivity index (χ2n) is 7.88. The smallest absolute Gasteiger partial charge is 0.229 e. The normalized spacial score (nSPS) is 11.5. The van der Waals surface area contributed by atoms with Crippen molar-refractivity contribution in [2.24, 2.45) is 0 Å². The van der Waals surface area contributed by atoms with Gasteiger partial charge in [-0.2, -0.15) is 0 Å². The summed E-state index contributed by atoms with van der Waals surface area (Å²) in [5.41, 5.74) is 2.02. The number of hydrogen-bond donors (Lipinski definition) is 0. The maximum atomic E-state index is 13.1. The lowest BCUT2D eigenvalue weighted by Gasteiger charge is -2.21. The van der Waals surface area contributed by atoms with E-state index < -0.39 is 15.7 Å². The predicted molar refractivity (Wildman–Crippen MR) is 135 cm³/mol. The number of nitrogens with zero attached hydrogens (tertiary/aromatic N) is 3. The molecule has 2 aromatic carbocycles. The predicted octanol–water partition coefficient (Wildman–Crippen LogP) is 4.57. The Bertz CT molecular complexity index is 1180. The van der Waals surface area contributed by atoms with Gasteiger partial charge in [-0.15, -0.1) is 12.4 Å². The van der Waals surface area contributed by atoms with Crippen LogP contribution in [-0.2, 0) is 21.1 Å². The van der Waals surface area contributed by atoms with Gasteiger partial charge in [0, 0.05) is 13.0 Å². The third kappa shape index (κ3) is 7.20. The molecule has 0 saturated carbocycles. The molecule has 1 amide bonds. The first-order valence-electron chi connectivity index (χ1n) is 10.5. The highest BCUT2D eigenvalue weighted by Crippen LogP contribution is 2.30. The molecule has 1 aromatic heterocycles. The Balaban J connectivity index is 0.00000385. The van der Waals surface area contributed by atoms with Crippen molar-refractivity contribution in [3.63, 3.8) is 0 Å². The molecule has 0 bridgehead atoms. The molecule has 33 heavy (non-hydrogen) atoms. The highest BCUT2D eigenvalue weighted by atomic mass is 35.5. The molecular formula is C23H29ClFN3O3S2. The first kappa shape index (κ1) is 27.2. The molecule has 0 atom stereocenters. The first-order valence-corrected chi connectivity index (χ1v) is 13.0. The second-order valence-corrected chi connectivity index (χ2v) is 11.0. The fraction of sp³-hybridized carbons (Fsp3) is 0.391. The number of fused-ring (bicyclic) bond motifs is 1. The lowest BCUT2D eigenvalue weighted by molar-refractivity contribution is -0.118. The molecule has 3 rings (SSSR count). The third-order valence-electron chi connectivity index (χ3n) is 5.13. The molecule has 0 aliphatic heterocycles. The Kier molecular flexibility index (Phi) is 9.78. The number of halogens is 2. The number of aromatic nitrogens is 1. The van der Waals surface area contributed by atoms with E-state index in [1.54, 1.807) is 4.90 Å². The summed E-state index contributed by atoms with van der Waals surface area (Å²) in [5.74, 6) is -1.13. The van der Waals surface area contributed by atoms with E-state index in [4.69, 9.17) is 0 Å². The number of aryl methyl sites for hydroxylation is 1. The van der Waals surface area contributed by atoms with Gasteiger partial charge in [0.15, 0.2) is 15.0 Å². The molecule has 0 saturated heterocycles. The van der Waals surface area contributed by atoms with Crippen LogP contribution >= 0.6 is 23.7 Å². The van der Waals surface area contributed by atoms with Gasteiger partial charge < -0.3 is 4.90 Å². The molecule has 0 unspecified atom stereocenters. The lowest BCUT2D eigenvalue weighted by atomic mass is 10.2. The number of hydrogen-bond acceptors (Lipinski definition) is 6. The molecule has 180 valence electrons. The number of anilines is 1. The van der Waals surface area contributed by atoms with Crippen LogP contribution in [0.25, 0.3) is 10.2 Å². The van der Waals surface area contributed by atoms with Gasteiger partial charge in [-0.3, -0.25) is 9.69 Å². The SMILES string of the molecule is CCc1ccc2nc(N(CCCN(C)C)C(=O)CCS(=O)(=O)c3ccc(F)cc3)sc2c1.Cl. The van der Waals surface area contributed by atoms with E-state index in [0.717, 1.165) is 41.7 Å². The average Bonchev–Trinajstić information content (AvgIpc) is 3.18. The quantitative estimate of drug-likeness (QED) is 0.371. The molecule has 6 nitrogen and oxygen atoms in total. The van der Waals surface area contributed by atoms with Gasteiger partial charge in [-0.1, -0.05) is 24.3 Å². The third-order valence-corrected chi connectivity index (χ3v) is 7.90. The summed E-state index contributed by atoms with van der Waals surface area (Å²) < 4.78 is 39.3. The van der Waals surface area contributed by atoms with Gasteiger partial charge in [-0.05, 0) is 75.4 Å². The van der Waals surface area contributed by atoms with Crippen LogP contribution in [0.15, 0.2) is 47.4 Å².